The van der Waals surface area contributed by atoms with Crippen LogP contribution in [0.25, 0.3) is 0 Å². The molecule has 0 bridgehead atoms. The number of nitrogens with one attached hydrogen (secondary N) is 1. The molecule has 0 saturated carbocycles. The molecular weight excluding hydrogens is 364 g/mol. The standard InChI is InChI=1S/C24H22N2O3/c1-26-20-16-18(23(27)25-15-7-10-17-8-3-2-4-9-17)13-14-22(20)29-21-12-6-5-11-19(21)24(26)28/h2-6,8-9,11-14,16H,7,10,15H2,1H3,(H,25,27). The van der Waals surface area contributed by atoms with Crippen molar-refractivity contribution in [1.82, 2.24) is 5.32 Å². The van der Waals surface area contributed by atoms with E-state index in [1.54, 1.807) is 43.4 Å². The second-order valence-electron chi connectivity index (χ2n) is 6.99. The largest absolute Gasteiger partial charge is 0.454 e. The normalized spacial score (nSPS) is 12.4. The van der Waals surface area contributed by atoms with Crippen LogP contribution < -0.4 is 15.0 Å². The molecule has 5 nitrogen and oxygen atoms in total. The highest BCUT2D eigenvalue weighted by Crippen LogP contribution is 2.38. The van der Waals surface area contributed by atoms with Crippen molar-refractivity contribution in [2.75, 3.05) is 18.5 Å². The fraction of sp³-hybridized carbons (Fsp3) is 0.167. The molecule has 0 atom stereocenters. The predicted octanol–water partition coefficient (Wildman–Crippen LogP) is 4.43. The summed E-state index contributed by atoms with van der Waals surface area (Å²) in [5.74, 6) is 0.732. The van der Waals surface area contributed by atoms with Gasteiger partial charge in [-0.3, -0.25) is 9.59 Å². The van der Waals surface area contributed by atoms with Crippen LogP contribution in [0, 0.1) is 0 Å². The Bertz CT molecular complexity index is 1050. The fourth-order valence-corrected chi connectivity index (χ4v) is 3.39. The molecular formula is C24H22N2O3. The fourth-order valence-electron chi connectivity index (χ4n) is 3.39. The highest BCUT2D eigenvalue weighted by Gasteiger charge is 2.26. The first kappa shape index (κ1) is 18.7. The van der Waals surface area contributed by atoms with Crippen LogP contribution in [-0.2, 0) is 6.42 Å². The van der Waals surface area contributed by atoms with E-state index in [9.17, 15) is 9.59 Å². The average Bonchev–Trinajstić information content (AvgIpc) is 2.86. The number of nitrogens with zero attached hydrogens (tertiary/aromatic N) is 1. The molecule has 0 spiro atoms. The van der Waals surface area contributed by atoms with Gasteiger partial charge in [-0.05, 0) is 48.7 Å². The third-order valence-corrected chi connectivity index (χ3v) is 5.00. The number of fused-ring (bicyclic) bond motifs is 2. The van der Waals surface area contributed by atoms with Crippen molar-refractivity contribution in [3.05, 3.63) is 89.5 Å². The van der Waals surface area contributed by atoms with Gasteiger partial charge in [0.1, 0.15) is 5.75 Å². The van der Waals surface area contributed by atoms with Crippen molar-refractivity contribution in [2.24, 2.45) is 0 Å². The van der Waals surface area contributed by atoms with Crippen LogP contribution in [0.15, 0.2) is 72.8 Å². The van der Waals surface area contributed by atoms with E-state index in [0.29, 0.717) is 34.9 Å². The SMILES string of the molecule is CN1C(=O)c2ccccc2Oc2ccc(C(=O)NCCCc3ccccc3)cc21. The minimum Gasteiger partial charge on any atom is -0.454 e. The van der Waals surface area contributed by atoms with Gasteiger partial charge in [-0.2, -0.15) is 0 Å². The van der Waals surface area contributed by atoms with Crippen LogP contribution >= 0.6 is 0 Å². The topological polar surface area (TPSA) is 58.6 Å². The van der Waals surface area contributed by atoms with Crippen molar-refractivity contribution in [1.29, 1.82) is 0 Å². The minimum atomic E-state index is -0.167. The van der Waals surface area contributed by atoms with Gasteiger partial charge < -0.3 is 15.0 Å². The number of rotatable bonds is 5. The van der Waals surface area contributed by atoms with Gasteiger partial charge in [0.05, 0.1) is 11.3 Å². The highest BCUT2D eigenvalue weighted by atomic mass is 16.5. The molecule has 0 fully saturated rings. The lowest BCUT2D eigenvalue weighted by Gasteiger charge is -2.17. The van der Waals surface area contributed by atoms with Gasteiger partial charge in [-0.25, -0.2) is 0 Å². The lowest BCUT2D eigenvalue weighted by Crippen LogP contribution is -2.27. The summed E-state index contributed by atoms with van der Waals surface area (Å²) < 4.78 is 5.93. The zero-order chi connectivity index (χ0) is 20.2. The monoisotopic (exact) mass is 386 g/mol. The number of benzene rings is 3. The van der Waals surface area contributed by atoms with Crippen molar-refractivity contribution >= 4 is 17.5 Å². The minimum absolute atomic E-state index is 0.163. The molecule has 4 rings (SSSR count). The Morgan fingerprint density at radius 1 is 0.966 bits per heavy atom. The summed E-state index contributed by atoms with van der Waals surface area (Å²) in [5, 5.41) is 2.95. The maximum atomic E-state index is 12.8. The summed E-state index contributed by atoms with van der Waals surface area (Å²) >= 11 is 0. The Morgan fingerprint density at radius 3 is 2.55 bits per heavy atom. The van der Waals surface area contributed by atoms with Crippen molar-refractivity contribution in [3.63, 3.8) is 0 Å². The van der Waals surface area contributed by atoms with Gasteiger partial charge in [-0.1, -0.05) is 42.5 Å². The average molecular weight is 386 g/mol. The third kappa shape index (κ3) is 3.99. The van der Waals surface area contributed by atoms with E-state index in [0.717, 1.165) is 12.8 Å². The quantitative estimate of drug-likeness (QED) is 0.660. The molecule has 0 saturated heterocycles. The van der Waals surface area contributed by atoms with E-state index < -0.39 is 0 Å². The number of aryl methyl sites for hydroxylation is 1. The number of para-hydroxylation sites is 1. The maximum Gasteiger partial charge on any atom is 0.261 e. The molecule has 1 aliphatic rings. The molecule has 3 aromatic rings. The van der Waals surface area contributed by atoms with Gasteiger partial charge in [-0.15, -0.1) is 0 Å². The van der Waals surface area contributed by atoms with E-state index >= 15 is 0 Å². The van der Waals surface area contributed by atoms with Crippen LogP contribution in [0.5, 0.6) is 11.5 Å². The Hall–Kier alpha value is -3.60. The molecule has 1 N–H and O–H groups in total. The molecule has 2 amide bonds. The van der Waals surface area contributed by atoms with Gasteiger partial charge in [0, 0.05) is 19.2 Å². The molecule has 5 heteroatoms. The Morgan fingerprint density at radius 2 is 1.72 bits per heavy atom. The Labute approximate surface area is 169 Å². The first-order valence-electron chi connectivity index (χ1n) is 9.64. The van der Waals surface area contributed by atoms with Gasteiger partial charge in [0.2, 0.25) is 0 Å². The number of anilines is 1. The smallest absolute Gasteiger partial charge is 0.261 e. The highest BCUT2D eigenvalue weighted by molar-refractivity contribution is 6.10. The first-order valence-corrected chi connectivity index (χ1v) is 9.64. The summed E-state index contributed by atoms with van der Waals surface area (Å²) in [7, 11) is 1.69. The molecule has 29 heavy (non-hydrogen) atoms. The van der Waals surface area contributed by atoms with Gasteiger partial charge in [0.15, 0.2) is 5.75 Å². The number of hydrogen-bond donors (Lipinski definition) is 1. The molecule has 0 aliphatic carbocycles. The second-order valence-corrected chi connectivity index (χ2v) is 6.99. The lowest BCUT2D eigenvalue weighted by molar-refractivity contribution is 0.0950. The molecule has 3 aromatic carbocycles. The predicted molar refractivity (Wildman–Crippen MR) is 113 cm³/mol. The van der Waals surface area contributed by atoms with E-state index in [1.165, 1.54) is 10.5 Å². The molecule has 0 unspecified atom stereocenters. The van der Waals surface area contributed by atoms with E-state index in [1.807, 2.05) is 24.3 Å². The maximum absolute atomic E-state index is 12.8. The van der Waals surface area contributed by atoms with E-state index in [2.05, 4.69) is 17.4 Å². The zero-order valence-electron chi connectivity index (χ0n) is 16.2. The lowest BCUT2D eigenvalue weighted by atomic mass is 10.1. The van der Waals surface area contributed by atoms with E-state index in [-0.39, 0.29) is 11.8 Å². The summed E-state index contributed by atoms with van der Waals surface area (Å²) in [6.45, 7) is 0.585. The number of carbonyl (C=O) groups is 2. The van der Waals surface area contributed by atoms with E-state index in [4.69, 9.17) is 4.74 Å². The van der Waals surface area contributed by atoms with Crippen molar-refractivity contribution in [2.45, 2.75) is 12.8 Å². The van der Waals surface area contributed by atoms with Crippen LogP contribution in [0.2, 0.25) is 0 Å². The summed E-state index contributed by atoms with van der Waals surface area (Å²) in [5.41, 5.74) is 2.82. The number of amides is 2. The summed E-state index contributed by atoms with van der Waals surface area (Å²) in [6, 6.07) is 22.5. The molecule has 0 aromatic heterocycles. The van der Waals surface area contributed by atoms with Gasteiger partial charge in [0.25, 0.3) is 11.8 Å². The Kier molecular flexibility index (Phi) is 5.29. The zero-order valence-corrected chi connectivity index (χ0v) is 16.2. The molecule has 0 radical (unpaired) electrons. The second kappa shape index (κ2) is 8.19. The summed E-state index contributed by atoms with van der Waals surface area (Å²) in [4.78, 5) is 26.9. The summed E-state index contributed by atoms with van der Waals surface area (Å²) in [6.07, 6.45) is 1.77. The van der Waals surface area contributed by atoms with Gasteiger partial charge >= 0.3 is 0 Å². The molecule has 1 aliphatic heterocycles. The first-order chi connectivity index (χ1) is 14.1. The Balaban J connectivity index is 1.45. The van der Waals surface area contributed by atoms with Crippen LogP contribution in [0.3, 0.4) is 0 Å². The third-order valence-electron chi connectivity index (χ3n) is 5.00. The van der Waals surface area contributed by atoms with Crippen LogP contribution in [0.4, 0.5) is 5.69 Å². The number of hydrogen-bond acceptors (Lipinski definition) is 3. The number of carbonyl (C=O) groups excluding carboxylic acids is 2. The molecule has 146 valence electrons. The van der Waals surface area contributed by atoms with Crippen molar-refractivity contribution < 1.29 is 14.3 Å². The van der Waals surface area contributed by atoms with Crippen molar-refractivity contribution in [3.8, 4) is 11.5 Å². The molecule has 1 heterocycles. The van der Waals surface area contributed by atoms with Crippen LogP contribution in [0.1, 0.15) is 32.7 Å². The number of ether oxygens (including phenoxy) is 1. The van der Waals surface area contributed by atoms with Crippen LogP contribution in [-0.4, -0.2) is 25.4 Å².